The molecule has 0 spiro atoms. The van der Waals surface area contributed by atoms with Gasteiger partial charge in [0, 0.05) is 10.6 Å². The first kappa shape index (κ1) is 18.8. The van der Waals surface area contributed by atoms with E-state index < -0.39 is 10.1 Å². The summed E-state index contributed by atoms with van der Waals surface area (Å²) in [5.41, 5.74) is 2.34. The lowest BCUT2D eigenvalue weighted by Gasteiger charge is -2.11. The van der Waals surface area contributed by atoms with Gasteiger partial charge in [-0.3, -0.25) is 0 Å². The van der Waals surface area contributed by atoms with Gasteiger partial charge in [0.05, 0.1) is 28.4 Å². The van der Waals surface area contributed by atoms with Crippen molar-refractivity contribution < 1.29 is 12.6 Å². The molecule has 0 amide bonds. The molecule has 5 nitrogen and oxygen atoms in total. The predicted molar refractivity (Wildman–Crippen MR) is 104 cm³/mol. The van der Waals surface area contributed by atoms with Crippen molar-refractivity contribution in [3.8, 4) is 22.7 Å². The minimum absolute atomic E-state index is 0.0173. The average Bonchev–Trinajstić information content (AvgIpc) is 3.04. The Hall–Kier alpha value is -2.02. The molecule has 1 heterocycles. The molecule has 0 fully saturated rings. The van der Waals surface area contributed by atoms with Gasteiger partial charge in [-0.2, -0.15) is 13.5 Å². The molecule has 0 aliphatic carbocycles. The molecule has 0 bridgehead atoms. The number of hydrogen-bond donors (Lipinski definition) is 0. The van der Waals surface area contributed by atoms with Gasteiger partial charge < -0.3 is 4.18 Å². The van der Waals surface area contributed by atoms with Crippen molar-refractivity contribution in [2.45, 2.75) is 13.3 Å². The second-order valence-electron chi connectivity index (χ2n) is 5.59. The highest BCUT2D eigenvalue weighted by molar-refractivity contribution is 7.87. The summed E-state index contributed by atoms with van der Waals surface area (Å²) in [4.78, 5) is 0. The monoisotopic (exact) mass is 410 g/mol. The van der Waals surface area contributed by atoms with Crippen LogP contribution in [-0.2, 0) is 10.1 Å². The molecule has 0 saturated carbocycles. The van der Waals surface area contributed by atoms with Gasteiger partial charge in [0.15, 0.2) is 0 Å². The van der Waals surface area contributed by atoms with Gasteiger partial charge in [0.2, 0.25) is 0 Å². The number of halogens is 2. The van der Waals surface area contributed by atoms with Crippen LogP contribution in [-0.4, -0.2) is 24.0 Å². The maximum absolute atomic E-state index is 11.8. The van der Waals surface area contributed by atoms with Crippen molar-refractivity contribution >= 4 is 33.3 Å². The fourth-order valence-corrected chi connectivity index (χ4v) is 3.96. The van der Waals surface area contributed by atoms with Gasteiger partial charge in [0.1, 0.15) is 5.75 Å². The molecule has 136 valence electrons. The maximum atomic E-state index is 11.8. The third kappa shape index (κ3) is 4.20. The molecule has 26 heavy (non-hydrogen) atoms. The van der Waals surface area contributed by atoms with E-state index in [-0.39, 0.29) is 11.5 Å². The summed E-state index contributed by atoms with van der Waals surface area (Å²) in [7, 11) is -3.56. The average molecular weight is 411 g/mol. The molecule has 0 atom stereocenters. The minimum atomic E-state index is -3.56. The predicted octanol–water partition coefficient (Wildman–Crippen LogP) is 4.96. The minimum Gasteiger partial charge on any atom is -0.382 e. The van der Waals surface area contributed by atoms with E-state index in [2.05, 4.69) is 5.10 Å². The number of benzene rings is 2. The van der Waals surface area contributed by atoms with Crippen molar-refractivity contribution in [2.24, 2.45) is 0 Å². The molecule has 2 aromatic carbocycles. The summed E-state index contributed by atoms with van der Waals surface area (Å²) in [5.74, 6) is 0.258. The maximum Gasteiger partial charge on any atom is 0.309 e. The summed E-state index contributed by atoms with van der Waals surface area (Å²) in [5, 5.41) is 5.34. The molecular formula is C18H16Cl2N2O3S. The van der Waals surface area contributed by atoms with Gasteiger partial charge in [-0.1, -0.05) is 30.1 Å². The molecule has 0 aliphatic heterocycles. The van der Waals surface area contributed by atoms with Crippen LogP contribution in [0.3, 0.4) is 0 Å². The van der Waals surface area contributed by atoms with E-state index in [9.17, 15) is 8.42 Å². The SMILES string of the molecule is CCCS(=O)(=O)Oc1ccc(-c2ccnn2-c2ccc(Cl)cc2Cl)cc1. The van der Waals surface area contributed by atoms with Crippen molar-refractivity contribution in [1.29, 1.82) is 0 Å². The smallest absolute Gasteiger partial charge is 0.309 e. The van der Waals surface area contributed by atoms with E-state index in [1.54, 1.807) is 60.3 Å². The van der Waals surface area contributed by atoms with Crippen LogP contribution < -0.4 is 4.18 Å². The van der Waals surface area contributed by atoms with Crippen LogP contribution in [0.2, 0.25) is 10.0 Å². The lowest BCUT2D eigenvalue weighted by molar-refractivity contribution is 0.485. The summed E-state index contributed by atoms with van der Waals surface area (Å²) in [6, 6.07) is 13.8. The van der Waals surface area contributed by atoms with Crippen molar-refractivity contribution in [3.63, 3.8) is 0 Å². The molecule has 0 saturated heterocycles. The van der Waals surface area contributed by atoms with Crippen molar-refractivity contribution in [3.05, 3.63) is 64.8 Å². The lowest BCUT2D eigenvalue weighted by Crippen LogP contribution is -2.12. The second kappa shape index (κ2) is 7.70. The van der Waals surface area contributed by atoms with E-state index in [1.807, 2.05) is 6.07 Å². The Morgan fingerprint density at radius 3 is 2.46 bits per heavy atom. The zero-order chi connectivity index (χ0) is 18.7. The van der Waals surface area contributed by atoms with Crippen LogP contribution in [0.25, 0.3) is 16.9 Å². The van der Waals surface area contributed by atoms with E-state index in [4.69, 9.17) is 27.4 Å². The molecule has 0 N–H and O–H groups in total. The molecule has 3 rings (SSSR count). The van der Waals surface area contributed by atoms with E-state index in [1.165, 1.54) is 0 Å². The first-order chi connectivity index (χ1) is 12.4. The van der Waals surface area contributed by atoms with Crippen LogP contribution in [0.1, 0.15) is 13.3 Å². The zero-order valence-electron chi connectivity index (χ0n) is 13.9. The van der Waals surface area contributed by atoms with Crippen LogP contribution in [0.4, 0.5) is 0 Å². The van der Waals surface area contributed by atoms with Gasteiger partial charge in [-0.05, 0) is 55.0 Å². The highest BCUT2D eigenvalue weighted by Gasteiger charge is 2.13. The number of rotatable bonds is 6. The summed E-state index contributed by atoms with van der Waals surface area (Å²) < 4.78 is 30.3. The summed E-state index contributed by atoms with van der Waals surface area (Å²) >= 11 is 12.2. The Balaban J connectivity index is 1.91. The standard InChI is InChI=1S/C18H16Cl2N2O3S/c1-2-11-26(23,24)25-15-6-3-13(4-7-15)17-9-10-21-22(17)18-8-5-14(19)12-16(18)20/h3-10,12H,2,11H2,1H3. The van der Waals surface area contributed by atoms with Crippen LogP contribution in [0.5, 0.6) is 5.75 Å². The Bertz CT molecular complexity index is 1020. The Morgan fingerprint density at radius 2 is 1.81 bits per heavy atom. The molecule has 0 unspecified atom stereocenters. The molecule has 8 heteroatoms. The molecule has 0 radical (unpaired) electrons. The Labute approximate surface area is 162 Å². The van der Waals surface area contributed by atoms with Crippen molar-refractivity contribution in [2.75, 3.05) is 5.75 Å². The van der Waals surface area contributed by atoms with Crippen LogP contribution in [0, 0.1) is 0 Å². The Morgan fingerprint density at radius 1 is 1.08 bits per heavy atom. The largest absolute Gasteiger partial charge is 0.382 e. The zero-order valence-corrected chi connectivity index (χ0v) is 16.2. The number of hydrogen-bond acceptors (Lipinski definition) is 4. The normalized spacial score (nSPS) is 11.5. The van der Waals surface area contributed by atoms with Gasteiger partial charge in [-0.25, -0.2) is 4.68 Å². The Kier molecular flexibility index (Phi) is 5.55. The fourth-order valence-electron chi connectivity index (χ4n) is 2.49. The quantitative estimate of drug-likeness (QED) is 0.538. The van der Waals surface area contributed by atoms with E-state index >= 15 is 0 Å². The topological polar surface area (TPSA) is 61.2 Å². The highest BCUT2D eigenvalue weighted by Crippen LogP contribution is 2.29. The second-order valence-corrected chi connectivity index (χ2v) is 8.13. The first-order valence-corrected chi connectivity index (χ1v) is 10.2. The molecule has 1 aromatic heterocycles. The fraction of sp³-hybridized carbons (Fsp3) is 0.167. The lowest BCUT2D eigenvalue weighted by atomic mass is 10.1. The third-order valence-electron chi connectivity index (χ3n) is 3.61. The highest BCUT2D eigenvalue weighted by atomic mass is 35.5. The first-order valence-electron chi connectivity index (χ1n) is 7.91. The van der Waals surface area contributed by atoms with Gasteiger partial charge in [0.25, 0.3) is 0 Å². The third-order valence-corrected chi connectivity index (χ3v) is 5.50. The van der Waals surface area contributed by atoms with E-state index in [0.29, 0.717) is 22.2 Å². The van der Waals surface area contributed by atoms with E-state index in [0.717, 1.165) is 11.3 Å². The van der Waals surface area contributed by atoms with Crippen molar-refractivity contribution in [1.82, 2.24) is 9.78 Å². The molecule has 3 aromatic rings. The van der Waals surface area contributed by atoms with Crippen LogP contribution in [0.15, 0.2) is 54.7 Å². The summed E-state index contributed by atoms with van der Waals surface area (Å²) in [6.07, 6.45) is 2.16. The number of nitrogens with zero attached hydrogens (tertiary/aromatic N) is 2. The van der Waals surface area contributed by atoms with Gasteiger partial charge >= 0.3 is 10.1 Å². The summed E-state index contributed by atoms with van der Waals surface area (Å²) in [6.45, 7) is 1.78. The number of aromatic nitrogens is 2. The molecular weight excluding hydrogens is 395 g/mol. The molecule has 0 aliphatic rings. The van der Waals surface area contributed by atoms with Gasteiger partial charge in [-0.15, -0.1) is 0 Å². The van der Waals surface area contributed by atoms with Crippen LogP contribution >= 0.6 is 23.2 Å².